The van der Waals surface area contributed by atoms with E-state index in [0.717, 1.165) is 38.8 Å². The number of benzene rings is 1. The van der Waals surface area contributed by atoms with Crippen LogP contribution in [0.5, 0.6) is 0 Å². The number of imidazole rings is 1. The van der Waals surface area contributed by atoms with Crippen LogP contribution < -0.4 is 5.32 Å². The smallest absolute Gasteiger partial charge is 0.137 e. The van der Waals surface area contributed by atoms with Crippen molar-refractivity contribution in [3.63, 3.8) is 0 Å². The fourth-order valence-corrected chi connectivity index (χ4v) is 5.20. The second kappa shape index (κ2) is 8.01. The van der Waals surface area contributed by atoms with Crippen LogP contribution in [0.4, 0.5) is 0 Å². The van der Waals surface area contributed by atoms with Crippen molar-refractivity contribution in [3.05, 3.63) is 87.9 Å². The lowest BCUT2D eigenvalue weighted by molar-refractivity contribution is 0.137. The third kappa shape index (κ3) is 3.93. The minimum atomic E-state index is -0.806. The number of fused-ring (bicyclic) bond motifs is 2. The molecule has 5 aromatic rings. The topological polar surface area (TPSA) is 67.4 Å². The standard InChI is InChI=1S/C24H22ClN5OS/c25-19-4-5-22-21(7-19)18(14-32-22)8-26-24(31)17-9-27-30(11-17)13-20-12-29-10-16(15-1-2-15)3-6-23(29)28-20/h3-7,9-12,14-15,24,26,31H,1-2,8,13H2. The molecule has 6 nitrogen and oxygen atoms in total. The molecule has 1 unspecified atom stereocenters. The molecule has 32 heavy (non-hydrogen) atoms. The Morgan fingerprint density at radius 1 is 1.19 bits per heavy atom. The fourth-order valence-electron chi connectivity index (χ4n) is 4.08. The van der Waals surface area contributed by atoms with E-state index in [1.54, 1.807) is 17.5 Å². The maximum absolute atomic E-state index is 10.6. The molecule has 0 amide bonds. The van der Waals surface area contributed by atoms with Gasteiger partial charge in [0.15, 0.2) is 0 Å². The van der Waals surface area contributed by atoms with Gasteiger partial charge in [0.05, 0.1) is 18.4 Å². The van der Waals surface area contributed by atoms with Gasteiger partial charge in [-0.25, -0.2) is 4.98 Å². The van der Waals surface area contributed by atoms with E-state index in [2.05, 4.69) is 44.7 Å². The summed E-state index contributed by atoms with van der Waals surface area (Å²) in [4.78, 5) is 4.70. The number of rotatable bonds is 7. The van der Waals surface area contributed by atoms with Gasteiger partial charge in [0.25, 0.3) is 0 Å². The minimum Gasteiger partial charge on any atom is -0.374 e. The number of halogens is 1. The Balaban J connectivity index is 1.13. The molecule has 0 saturated heterocycles. The maximum atomic E-state index is 10.6. The van der Waals surface area contributed by atoms with Crippen molar-refractivity contribution >= 4 is 38.7 Å². The number of nitrogens with one attached hydrogen (secondary N) is 1. The summed E-state index contributed by atoms with van der Waals surface area (Å²) in [6, 6.07) is 10.2. The molecule has 1 atom stereocenters. The highest BCUT2D eigenvalue weighted by atomic mass is 35.5. The Morgan fingerprint density at radius 3 is 2.97 bits per heavy atom. The lowest BCUT2D eigenvalue weighted by Gasteiger charge is -2.10. The quantitative estimate of drug-likeness (QED) is 0.329. The normalized spacial score (nSPS) is 15.1. The lowest BCUT2D eigenvalue weighted by Crippen LogP contribution is -2.19. The van der Waals surface area contributed by atoms with E-state index >= 15 is 0 Å². The van der Waals surface area contributed by atoms with Gasteiger partial charge in [-0.05, 0) is 64.9 Å². The van der Waals surface area contributed by atoms with Gasteiger partial charge in [-0.3, -0.25) is 10.00 Å². The number of aromatic nitrogens is 4. The van der Waals surface area contributed by atoms with Gasteiger partial charge in [-0.1, -0.05) is 17.7 Å². The van der Waals surface area contributed by atoms with Crippen molar-refractivity contribution in [1.82, 2.24) is 24.5 Å². The van der Waals surface area contributed by atoms with E-state index in [1.807, 2.05) is 29.1 Å². The monoisotopic (exact) mass is 463 g/mol. The largest absolute Gasteiger partial charge is 0.374 e. The average Bonchev–Trinajstić information content (AvgIpc) is 3.21. The van der Waals surface area contributed by atoms with Crippen molar-refractivity contribution in [2.45, 2.75) is 38.1 Å². The molecule has 0 radical (unpaired) electrons. The van der Waals surface area contributed by atoms with Gasteiger partial charge in [0, 0.05) is 40.4 Å². The SMILES string of the molecule is OC(NCc1csc2ccc(Cl)cc12)c1cnn(Cc2cn3cc(C4CC4)ccc3n2)c1. The molecular formula is C24H22ClN5OS. The van der Waals surface area contributed by atoms with E-state index in [1.165, 1.54) is 23.1 Å². The Morgan fingerprint density at radius 2 is 2.09 bits per heavy atom. The number of hydrogen-bond acceptors (Lipinski definition) is 5. The second-order valence-electron chi connectivity index (χ2n) is 8.39. The van der Waals surface area contributed by atoms with Crippen LogP contribution in [0, 0.1) is 0 Å². The van der Waals surface area contributed by atoms with Gasteiger partial charge >= 0.3 is 0 Å². The molecule has 0 aliphatic heterocycles. The second-order valence-corrected chi connectivity index (χ2v) is 9.74. The molecule has 0 spiro atoms. The van der Waals surface area contributed by atoms with Crippen molar-refractivity contribution in [2.75, 3.05) is 0 Å². The van der Waals surface area contributed by atoms with Gasteiger partial charge in [-0.15, -0.1) is 11.3 Å². The molecule has 1 fully saturated rings. The zero-order valence-corrected chi connectivity index (χ0v) is 18.9. The molecule has 1 aliphatic carbocycles. The van der Waals surface area contributed by atoms with Crippen LogP contribution in [-0.2, 0) is 13.1 Å². The van der Waals surface area contributed by atoms with E-state index in [0.29, 0.717) is 13.1 Å². The number of thiophene rings is 1. The van der Waals surface area contributed by atoms with Crippen LogP contribution in [0.1, 0.15) is 47.4 Å². The highest BCUT2D eigenvalue weighted by Gasteiger charge is 2.23. The lowest BCUT2D eigenvalue weighted by atomic mass is 10.2. The van der Waals surface area contributed by atoms with Crippen LogP contribution in [-0.4, -0.2) is 24.3 Å². The first-order chi connectivity index (χ1) is 15.6. The highest BCUT2D eigenvalue weighted by Crippen LogP contribution is 2.39. The summed E-state index contributed by atoms with van der Waals surface area (Å²) in [5.41, 5.74) is 5.12. The summed E-state index contributed by atoms with van der Waals surface area (Å²) >= 11 is 7.82. The molecular weight excluding hydrogens is 442 g/mol. The Labute approximate surface area is 194 Å². The third-order valence-corrected chi connectivity index (χ3v) is 7.21. The van der Waals surface area contributed by atoms with E-state index in [4.69, 9.17) is 16.6 Å². The highest BCUT2D eigenvalue weighted by molar-refractivity contribution is 7.17. The average molecular weight is 464 g/mol. The first-order valence-corrected chi connectivity index (χ1v) is 11.9. The molecule has 1 aliphatic rings. The van der Waals surface area contributed by atoms with Crippen molar-refractivity contribution in [3.8, 4) is 0 Å². The molecule has 8 heteroatoms. The molecule has 1 saturated carbocycles. The summed E-state index contributed by atoms with van der Waals surface area (Å²) in [7, 11) is 0. The van der Waals surface area contributed by atoms with Gasteiger partial charge < -0.3 is 9.51 Å². The third-order valence-electron chi connectivity index (χ3n) is 5.97. The molecule has 4 heterocycles. The summed E-state index contributed by atoms with van der Waals surface area (Å²) in [5.74, 6) is 0.719. The predicted molar refractivity (Wildman–Crippen MR) is 127 cm³/mol. The summed E-state index contributed by atoms with van der Waals surface area (Å²) < 4.78 is 5.09. The zero-order valence-electron chi connectivity index (χ0n) is 17.3. The van der Waals surface area contributed by atoms with Crippen LogP contribution in [0.3, 0.4) is 0 Å². The summed E-state index contributed by atoms with van der Waals surface area (Å²) in [6.45, 7) is 1.10. The Kier molecular flexibility index (Phi) is 4.99. The molecule has 6 rings (SSSR count). The number of pyridine rings is 1. The van der Waals surface area contributed by atoms with Crippen LogP contribution in [0.2, 0.25) is 5.02 Å². The van der Waals surface area contributed by atoms with Crippen LogP contribution in [0.15, 0.2) is 60.5 Å². The molecule has 4 aromatic heterocycles. The minimum absolute atomic E-state index is 0.544. The number of aliphatic hydroxyl groups excluding tert-OH is 1. The summed E-state index contributed by atoms with van der Waals surface area (Å²) in [5, 5.41) is 22.2. The first kappa shape index (κ1) is 19.9. The first-order valence-electron chi connectivity index (χ1n) is 10.7. The van der Waals surface area contributed by atoms with Gasteiger partial charge in [0.2, 0.25) is 0 Å². The van der Waals surface area contributed by atoms with Crippen LogP contribution in [0.25, 0.3) is 15.7 Å². The van der Waals surface area contributed by atoms with Crippen molar-refractivity contribution in [1.29, 1.82) is 0 Å². The van der Waals surface area contributed by atoms with Crippen molar-refractivity contribution in [2.24, 2.45) is 0 Å². The molecule has 0 bridgehead atoms. The van der Waals surface area contributed by atoms with Crippen molar-refractivity contribution < 1.29 is 5.11 Å². The maximum Gasteiger partial charge on any atom is 0.137 e. The molecule has 2 N–H and O–H groups in total. The predicted octanol–water partition coefficient (Wildman–Crippen LogP) is 5.11. The molecule has 162 valence electrons. The van der Waals surface area contributed by atoms with E-state index in [-0.39, 0.29) is 0 Å². The summed E-state index contributed by atoms with van der Waals surface area (Å²) in [6.07, 6.45) is 9.57. The van der Waals surface area contributed by atoms with Gasteiger partial charge in [0.1, 0.15) is 11.9 Å². The number of aliphatic hydroxyl groups is 1. The Hall–Kier alpha value is -2.71. The number of hydrogen-bond donors (Lipinski definition) is 2. The Bertz CT molecular complexity index is 1420. The molecule has 1 aromatic carbocycles. The van der Waals surface area contributed by atoms with Crippen LogP contribution >= 0.6 is 22.9 Å². The fraction of sp³-hybridized carbons (Fsp3) is 0.250. The number of nitrogens with zero attached hydrogens (tertiary/aromatic N) is 4. The van der Waals surface area contributed by atoms with Gasteiger partial charge in [-0.2, -0.15) is 5.10 Å². The van der Waals surface area contributed by atoms with E-state index in [9.17, 15) is 5.11 Å². The van der Waals surface area contributed by atoms with E-state index < -0.39 is 6.23 Å². The zero-order chi connectivity index (χ0) is 21.7.